The fraction of sp³-hybridized carbons (Fsp3) is 0.600. The largest absolute Gasteiger partial charge is 0.392 e. The van der Waals surface area contributed by atoms with E-state index in [4.69, 9.17) is 11.5 Å². The molecule has 20 heavy (non-hydrogen) atoms. The van der Waals surface area contributed by atoms with Crippen molar-refractivity contribution >= 4 is 16.0 Å². The number of hydrogen-bond acceptors (Lipinski definition) is 5. The van der Waals surface area contributed by atoms with Crippen LogP contribution in [0.3, 0.4) is 0 Å². The number of guanidine groups is 1. The van der Waals surface area contributed by atoms with Gasteiger partial charge in [-0.1, -0.05) is 0 Å². The molecule has 0 saturated carbocycles. The van der Waals surface area contributed by atoms with Crippen molar-refractivity contribution in [2.45, 2.75) is 30.5 Å². The summed E-state index contributed by atoms with van der Waals surface area (Å²) < 4.78 is 25.9. The van der Waals surface area contributed by atoms with E-state index in [1.807, 2.05) is 0 Å². The topological polar surface area (TPSA) is 151 Å². The van der Waals surface area contributed by atoms with Crippen LogP contribution >= 0.6 is 0 Å². The van der Waals surface area contributed by atoms with Crippen LogP contribution in [0, 0.1) is 0 Å². The molecule has 1 atom stereocenters. The number of sulfonamides is 1. The second kappa shape index (κ2) is 5.77. The van der Waals surface area contributed by atoms with Gasteiger partial charge in [0.05, 0.1) is 12.3 Å². The number of rotatable bonds is 4. The molecule has 1 aromatic heterocycles. The minimum absolute atomic E-state index is 0.0209. The van der Waals surface area contributed by atoms with Crippen molar-refractivity contribution < 1.29 is 13.5 Å². The van der Waals surface area contributed by atoms with E-state index in [9.17, 15) is 13.5 Å². The molecule has 0 amide bonds. The molecule has 1 aliphatic rings. The Labute approximate surface area is 116 Å². The highest BCUT2D eigenvalue weighted by molar-refractivity contribution is 7.89. The van der Waals surface area contributed by atoms with Gasteiger partial charge in [-0.05, 0) is 12.8 Å². The van der Waals surface area contributed by atoms with Crippen LogP contribution in [0.2, 0.25) is 0 Å². The Bertz CT molecular complexity index is 592. The van der Waals surface area contributed by atoms with Gasteiger partial charge in [-0.3, -0.25) is 0 Å². The van der Waals surface area contributed by atoms with Crippen molar-refractivity contribution in [1.82, 2.24) is 14.3 Å². The van der Waals surface area contributed by atoms with Gasteiger partial charge in [0.1, 0.15) is 12.4 Å². The average Bonchev–Trinajstić information content (AvgIpc) is 2.86. The predicted octanol–water partition coefficient (Wildman–Crippen LogP) is -1.67. The lowest BCUT2D eigenvalue weighted by molar-refractivity contribution is 0.108. The van der Waals surface area contributed by atoms with Crippen molar-refractivity contribution in [1.29, 1.82) is 0 Å². The van der Waals surface area contributed by atoms with E-state index >= 15 is 0 Å². The number of nitrogens with two attached hydrogens (primary N) is 2. The highest BCUT2D eigenvalue weighted by atomic mass is 32.2. The van der Waals surface area contributed by atoms with Crippen molar-refractivity contribution in [3.8, 4) is 0 Å². The standard InChI is InChI=1S/C10H18N6O3S/c11-10(12)14-4-8-13-5-9(15-8)20(18,19)16-3-1-2-7(17)6-16/h5,7,17H,1-4,6H2,(H,13,15)(H4,11,12,14). The quantitative estimate of drug-likeness (QED) is 0.385. The van der Waals surface area contributed by atoms with E-state index in [0.717, 1.165) is 0 Å². The fourth-order valence-electron chi connectivity index (χ4n) is 2.00. The first-order chi connectivity index (χ1) is 9.39. The molecule has 0 aliphatic carbocycles. The summed E-state index contributed by atoms with van der Waals surface area (Å²) in [5, 5.41) is 9.54. The second-order valence-corrected chi connectivity index (χ2v) is 6.50. The smallest absolute Gasteiger partial charge is 0.260 e. The van der Waals surface area contributed by atoms with E-state index in [2.05, 4.69) is 15.0 Å². The first-order valence-corrected chi connectivity index (χ1v) is 7.61. The number of nitrogens with zero attached hydrogens (tertiary/aromatic N) is 3. The summed E-state index contributed by atoms with van der Waals surface area (Å²) in [5.74, 6) is 0.263. The molecule has 0 radical (unpaired) electrons. The summed E-state index contributed by atoms with van der Waals surface area (Å²) >= 11 is 0. The number of aliphatic imine (C=N–C) groups is 1. The molecule has 112 valence electrons. The Balaban J connectivity index is 2.15. The van der Waals surface area contributed by atoms with Crippen molar-refractivity contribution in [3.05, 3.63) is 12.0 Å². The molecule has 1 unspecified atom stereocenters. The van der Waals surface area contributed by atoms with Crippen LogP contribution in [-0.2, 0) is 16.6 Å². The van der Waals surface area contributed by atoms with Gasteiger partial charge < -0.3 is 21.6 Å². The maximum absolute atomic E-state index is 12.3. The number of β-amino-alcohol motifs (C(OH)–C–C–N with tert-alkyl or cyclic N) is 1. The molecular formula is C10H18N6O3S. The number of aliphatic hydroxyl groups excluding tert-OH is 1. The van der Waals surface area contributed by atoms with Crippen LogP contribution in [0.5, 0.6) is 0 Å². The second-order valence-electron chi connectivity index (χ2n) is 4.59. The first kappa shape index (κ1) is 14.8. The summed E-state index contributed by atoms with van der Waals surface area (Å²) in [7, 11) is -3.67. The number of hydrogen-bond donors (Lipinski definition) is 4. The Morgan fingerprint density at radius 2 is 2.35 bits per heavy atom. The summed E-state index contributed by atoms with van der Waals surface area (Å²) in [6.07, 6.45) is 1.86. The van der Waals surface area contributed by atoms with Crippen LogP contribution in [-0.4, -0.2) is 53.0 Å². The SMILES string of the molecule is NC(N)=NCc1ncc(S(=O)(=O)N2CCCC(O)C2)[nH]1. The summed E-state index contributed by atoms with van der Waals surface area (Å²) in [4.78, 5) is 10.4. The lowest BCUT2D eigenvalue weighted by atomic mass is 10.1. The number of H-pyrrole nitrogens is 1. The van der Waals surface area contributed by atoms with Gasteiger partial charge in [-0.15, -0.1) is 0 Å². The van der Waals surface area contributed by atoms with Crippen LogP contribution < -0.4 is 11.5 Å². The minimum atomic E-state index is -3.67. The number of piperidine rings is 1. The van der Waals surface area contributed by atoms with Crippen LogP contribution in [0.1, 0.15) is 18.7 Å². The predicted molar refractivity (Wildman–Crippen MR) is 72.1 cm³/mol. The molecular weight excluding hydrogens is 284 g/mol. The van der Waals surface area contributed by atoms with Gasteiger partial charge in [0.15, 0.2) is 11.0 Å². The highest BCUT2D eigenvalue weighted by Crippen LogP contribution is 2.19. The molecule has 2 rings (SSSR count). The van der Waals surface area contributed by atoms with Crippen molar-refractivity contribution in [2.75, 3.05) is 13.1 Å². The van der Waals surface area contributed by atoms with Gasteiger partial charge in [0, 0.05) is 13.1 Å². The molecule has 0 bridgehead atoms. The highest BCUT2D eigenvalue weighted by Gasteiger charge is 2.30. The zero-order chi connectivity index (χ0) is 14.8. The Morgan fingerprint density at radius 3 is 3.00 bits per heavy atom. The van der Waals surface area contributed by atoms with E-state index in [1.165, 1.54) is 10.5 Å². The summed E-state index contributed by atoms with van der Waals surface area (Å²) in [6.45, 7) is 0.576. The third-order valence-corrected chi connectivity index (χ3v) is 4.77. The average molecular weight is 302 g/mol. The van der Waals surface area contributed by atoms with E-state index in [0.29, 0.717) is 25.2 Å². The van der Waals surface area contributed by atoms with Gasteiger partial charge in [0.2, 0.25) is 0 Å². The van der Waals surface area contributed by atoms with Crippen LogP contribution in [0.15, 0.2) is 16.2 Å². The molecule has 1 fully saturated rings. The maximum Gasteiger partial charge on any atom is 0.260 e. The molecule has 10 heteroatoms. The number of aromatic amines is 1. The first-order valence-electron chi connectivity index (χ1n) is 6.17. The number of aromatic nitrogens is 2. The lowest BCUT2D eigenvalue weighted by Crippen LogP contribution is -2.42. The van der Waals surface area contributed by atoms with E-state index in [-0.39, 0.29) is 24.1 Å². The Kier molecular flexibility index (Phi) is 4.26. The lowest BCUT2D eigenvalue weighted by Gasteiger charge is -2.28. The zero-order valence-corrected chi connectivity index (χ0v) is 11.7. The van der Waals surface area contributed by atoms with Gasteiger partial charge in [0.25, 0.3) is 10.0 Å². The molecule has 6 N–H and O–H groups in total. The molecule has 9 nitrogen and oxygen atoms in total. The maximum atomic E-state index is 12.3. The molecule has 0 aromatic carbocycles. The zero-order valence-electron chi connectivity index (χ0n) is 10.9. The monoisotopic (exact) mass is 302 g/mol. The van der Waals surface area contributed by atoms with Crippen molar-refractivity contribution in [3.63, 3.8) is 0 Å². The number of imidazole rings is 1. The van der Waals surface area contributed by atoms with Gasteiger partial charge in [-0.25, -0.2) is 18.4 Å². The third kappa shape index (κ3) is 3.26. The van der Waals surface area contributed by atoms with Crippen molar-refractivity contribution in [2.24, 2.45) is 16.5 Å². The summed E-state index contributed by atoms with van der Waals surface area (Å²) in [5.41, 5.74) is 10.4. The van der Waals surface area contributed by atoms with E-state index in [1.54, 1.807) is 0 Å². The van der Waals surface area contributed by atoms with Crippen LogP contribution in [0.4, 0.5) is 0 Å². The Morgan fingerprint density at radius 1 is 1.60 bits per heavy atom. The van der Waals surface area contributed by atoms with Gasteiger partial charge >= 0.3 is 0 Å². The fourth-order valence-corrected chi connectivity index (χ4v) is 3.45. The molecule has 2 heterocycles. The molecule has 1 aliphatic heterocycles. The molecule has 0 spiro atoms. The minimum Gasteiger partial charge on any atom is -0.392 e. The third-order valence-electron chi connectivity index (χ3n) is 2.99. The van der Waals surface area contributed by atoms with E-state index < -0.39 is 16.1 Å². The summed E-state index contributed by atoms with van der Waals surface area (Å²) in [6, 6.07) is 0. The van der Waals surface area contributed by atoms with Gasteiger partial charge in [-0.2, -0.15) is 4.31 Å². The number of aliphatic hydroxyl groups is 1. The molecule has 1 saturated heterocycles. The van der Waals surface area contributed by atoms with Crippen LogP contribution in [0.25, 0.3) is 0 Å². The number of nitrogens with one attached hydrogen (secondary N) is 1. The molecule has 1 aromatic rings. The Hall–Kier alpha value is -1.65. The normalized spacial score (nSPS) is 20.8.